The van der Waals surface area contributed by atoms with Gasteiger partial charge >= 0.3 is 5.97 Å². The lowest BCUT2D eigenvalue weighted by Gasteiger charge is -2.09. The van der Waals surface area contributed by atoms with Crippen molar-refractivity contribution in [3.63, 3.8) is 0 Å². The standard InChI is InChI=1S/C21H21NO4/c1-3-24-21(23)18(15-22)14-17-6-10-20(11-7-17)26-13-12-25-19-8-4-16(2)5-9-19/h4-11,14H,3,12-13H2,1-2H3. The summed E-state index contributed by atoms with van der Waals surface area (Å²) < 4.78 is 16.1. The van der Waals surface area contributed by atoms with E-state index in [1.165, 1.54) is 11.6 Å². The maximum atomic E-state index is 11.6. The topological polar surface area (TPSA) is 68.6 Å². The van der Waals surface area contributed by atoms with Crippen molar-refractivity contribution in [3.8, 4) is 17.6 Å². The molecule has 0 bridgehead atoms. The number of hydrogen-bond acceptors (Lipinski definition) is 5. The largest absolute Gasteiger partial charge is 0.490 e. The van der Waals surface area contributed by atoms with E-state index in [1.54, 1.807) is 31.2 Å². The number of rotatable bonds is 8. The van der Waals surface area contributed by atoms with Gasteiger partial charge in [0.2, 0.25) is 0 Å². The molecule has 0 spiro atoms. The van der Waals surface area contributed by atoms with Gasteiger partial charge in [-0.25, -0.2) is 4.79 Å². The third kappa shape index (κ3) is 5.99. The molecule has 5 nitrogen and oxygen atoms in total. The summed E-state index contributed by atoms with van der Waals surface area (Å²) in [6.45, 7) is 4.80. The number of hydrogen-bond donors (Lipinski definition) is 0. The second-order valence-electron chi connectivity index (χ2n) is 5.47. The second-order valence-corrected chi connectivity index (χ2v) is 5.47. The number of carbonyl (C=O) groups is 1. The SMILES string of the molecule is CCOC(=O)C(C#N)=Cc1ccc(OCCOc2ccc(C)cc2)cc1. The average molecular weight is 351 g/mol. The Morgan fingerprint density at radius 1 is 1.00 bits per heavy atom. The highest BCUT2D eigenvalue weighted by molar-refractivity contribution is 5.97. The van der Waals surface area contributed by atoms with Crippen LogP contribution in [0.4, 0.5) is 0 Å². The van der Waals surface area contributed by atoms with Crippen LogP contribution in [0.1, 0.15) is 18.1 Å². The molecule has 0 N–H and O–H groups in total. The van der Waals surface area contributed by atoms with E-state index >= 15 is 0 Å². The first-order valence-electron chi connectivity index (χ1n) is 8.33. The predicted octanol–water partition coefficient (Wildman–Crippen LogP) is 3.92. The summed E-state index contributed by atoms with van der Waals surface area (Å²) in [5.41, 5.74) is 1.87. The van der Waals surface area contributed by atoms with Crippen LogP contribution < -0.4 is 9.47 Å². The number of nitriles is 1. The van der Waals surface area contributed by atoms with E-state index in [0.29, 0.717) is 19.0 Å². The Balaban J connectivity index is 1.84. The van der Waals surface area contributed by atoms with E-state index < -0.39 is 5.97 Å². The van der Waals surface area contributed by atoms with E-state index in [1.807, 2.05) is 37.3 Å². The van der Waals surface area contributed by atoms with Crippen LogP contribution in [0.15, 0.2) is 54.1 Å². The van der Waals surface area contributed by atoms with Gasteiger partial charge in [-0.05, 0) is 49.8 Å². The monoisotopic (exact) mass is 351 g/mol. The van der Waals surface area contributed by atoms with Crippen molar-refractivity contribution >= 4 is 12.0 Å². The maximum absolute atomic E-state index is 11.6. The minimum absolute atomic E-state index is 0.0352. The minimum atomic E-state index is -0.622. The van der Waals surface area contributed by atoms with Crippen LogP contribution in [0.5, 0.6) is 11.5 Å². The summed E-state index contributed by atoms with van der Waals surface area (Å²) in [6.07, 6.45) is 1.49. The maximum Gasteiger partial charge on any atom is 0.348 e. The lowest BCUT2D eigenvalue weighted by molar-refractivity contribution is -0.137. The minimum Gasteiger partial charge on any atom is -0.490 e. The van der Waals surface area contributed by atoms with Crippen LogP contribution in [0, 0.1) is 18.3 Å². The second kappa shape index (κ2) is 9.90. The van der Waals surface area contributed by atoms with Gasteiger partial charge in [-0.15, -0.1) is 0 Å². The summed E-state index contributed by atoms with van der Waals surface area (Å²) in [4.78, 5) is 11.6. The highest BCUT2D eigenvalue weighted by Gasteiger charge is 2.09. The molecule has 0 aliphatic rings. The molecule has 0 saturated carbocycles. The Morgan fingerprint density at radius 3 is 2.04 bits per heavy atom. The van der Waals surface area contributed by atoms with Crippen LogP contribution in [-0.4, -0.2) is 25.8 Å². The molecule has 2 rings (SSSR count). The number of aryl methyl sites for hydroxylation is 1. The molecule has 2 aromatic carbocycles. The Morgan fingerprint density at radius 2 is 1.54 bits per heavy atom. The van der Waals surface area contributed by atoms with Gasteiger partial charge in [-0.2, -0.15) is 5.26 Å². The first-order valence-corrected chi connectivity index (χ1v) is 8.33. The van der Waals surface area contributed by atoms with Crippen molar-refractivity contribution in [1.29, 1.82) is 5.26 Å². The molecule has 0 amide bonds. The molecule has 5 heteroatoms. The van der Waals surface area contributed by atoms with Gasteiger partial charge in [-0.1, -0.05) is 29.8 Å². The fourth-order valence-corrected chi connectivity index (χ4v) is 2.13. The zero-order chi connectivity index (χ0) is 18.8. The molecule has 2 aromatic rings. The Kier molecular flexibility index (Phi) is 7.26. The van der Waals surface area contributed by atoms with Crippen molar-refractivity contribution in [2.24, 2.45) is 0 Å². The number of ether oxygens (including phenoxy) is 3. The molecule has 0 aliphatic carbocycles. The van der Waals surface area contributed by atoms with E-state index in [2.05, 4.69) is 0 Å². The molecule has 0 heterocycles. The van der Waals surface area contributed by atoms with Crippen molar-refractivity contribution in [3.05, 3.63) is 65.2 Å². The summed E-state index contributed by atoms with van der Waals surface area (Å²) in [6, 6.07) is 16.8. The molecular formula is C21H21NO4. The molecule has 0 aromatic heterocycles. The van der Waals surface area contributed by atoms with Gasteiger partial charge < -0.3 is 14.2 Å². The summed E-state index contributed by atoms with van der Waals surface area (Å²) in [5.74, 6) is 0.871. The van der Waals surface area contributed by atoms with Crippen molar-refractivity contribution in [1.82, 2.24) is 0 Å². The molecular weight excluding hydrogens is 330 g/mol. The Hall–Kier alpha value is -3.26. The molecule has 0 aliphatic heterocycles. The van der Waals surface area contributed by atoms with Gasteiger partial charge in [-0.3, -0.25) is 0 Å². The zero-order valence-electron chi connectivity index (χ0n) is 14.9. The molecule has 0 atom stereocenters. The van der Waals surface area contributed by atoms with Gasteiger partial charge in [0.1, 0.15) is 36.4 Å². The first kappa shape index (κ1) is 19.1. The van der Waals surface area contributed by atoms with Gasteiger partial charge in [0.05, 0.1) is 6.61 Å². The molecule has 0 radical (unpaired) electrons. The van der Waals surface area contributed by atoms with Crippen LogP contribution in [0.3, 0.4) is 0 Å². The number of esters is 1. The van der Waals surface area contributed by atoms with E-state index in [4.69, 9.17) is 19.5 Å². The number of carbonyl (C=O) groups excluding carboxylic acids is 1. The van der Waals surface area contributed by atoms with Crippen molar-refractivity contribution in [2.75, 3.05) is 19.8 Å². The molecule has 0 saturated heterocycles. The van der Waals surface area contributed by atoms with Gasteiger partial charge in [0, 0.05) is 0 Å². The van der Waals surface area contributed by atoms with Crippen molar-refractivity contribution < 1.29 is 19.0 Å². The lowest BCUT2D eigenvalue weighted by Crippen LogP contribution is -2.09. The van der Waals surface area contributed by atoms with Crippen LogP contribution in [0.2, 0.25) is 0 Å². The molecule has 0 fully saturated rings. The number of benzene rings is 2. The third-order valence-corrected chi connectivity index (χ3v) is 3.45. The highest BCUT2D eigenvalue weighted by atomic mass is 16.5. The summed E-state index contributed by atoms with van der Waals surface area (Å²) in [5, 5.41) is 9.03. The van der Waals surface area contributed by atoms with Crippen LogP contribution in [-0.2, 0) is 9.53 Å². The van der Waals surface area contributed by atoms with Crippen molar-refractivity contribution in [2.45, 2.75) is 13.8 Å². The highest BCUT2D eigenvalue weighted by Crippen LogP contribution is 2.16. The molecule has 0 unspecified atom stereocenters. The van der Waals surface area contributed by atoms with E-state index in [9.17, 15) is 4.79 Å². The smallest absolute Gasteiger partial charge is 0.348 e. The third-order valence-electron chi connectivity index (χ3n) is 3.45. The Labute approximate surface area is 153 Å². The number of nitrogens with zero attached hydrogens (tertiary/aromatic N) is 1. The fraction of sp³-hybridized carbons (Fsp3) is 0.238. The van der Waals surface area contributed by atoms with Crippen LogP contribution >= 0.6 is 0 Å². The fourth-order valence-electron chi connectivity index (χ4n) is 2.13. The molecule has 134 valence electrons. The van der Waals surface area contributed by atoms with Gasteiger partial charge in [0.15, 0.2) is 0 Å². The Bertz CT molecular complexity index is 786. The lowest BCUT2D eigenvalue weighted by atomic mass is 10.1. The predicted molar refractivity (Wildman–Crippen MR) is 98.8 cm³/mol. The van der Waals surface area contributed by atoms with E-state index in [-0.39, 0.29) is 12.2 Å². The average Bonchev–Trinajstić information content (AvgIpc) is 2.66. The van der Waals surface area contributed by atoms with Gasteiger partial charge in [0.25, 0.3) is 0 Å². The first-order chi connectivity index (χ1) is 12.6. The van der Waals surface area contributed by atoms with Crippen LogP contribution in [0.25, 0.3) is 6.08 Å². The zero-order valence-corrected chi connectivity index (χ0v) is 14.9. The van der Waals surface area contributed by atoms with E-state index in [0.717, 1.165) is 11.3 Å². The normalized spacial score (nSPS) is 10.7. The quantitative estimate of drug-likeness (QED) is 0.312. The summed E-state index contributed by atoms with van der Waals surface area (Å²) in [7, 11) is 0. The summed E-state index contributed by atoms with van der Waals surface area (Å²) >= 11 is 0. The molecule has 26 heavy (non-hydrogen) atoms.